The lowest BCUT2D eigenvalue weighted by molar-refractivity contribution is 0.200. The number of rotatable bonds is 3. The summed E-state index contributed by atoms with van der Waals surface area (Å²) in [5, 5.41) is 4.07. The van der Waals surface area contributed by atoms with Gasteiger partial charge in [0.2, 0.25) is 0 Å². The molecular weight excluding hydrogens is 248 g/mol. The summed E-state index contributed by atoms with van der Waals surface area (Å²) < 4.78 is 5.55. The molecule has 3 nitrogen and oxygen atoms in total. The van der Waals surface area contributed by atoms with Crippen molar-refractivity contribution in [2.45, 2.75) is 38.3 Å². The molecule has 2 aromatic rings. The fourth-order valence-electron chi connectivity index (χ4n) is 4.07. The zero-order valence-corrected chi connectivity index (χ0v) is 11.8. The highest BCUT2D eigenvalue weighted by Crippen LogP contribution is 2.49. The molecule has 3 atom stereocenters. The molecule has 104 valence electrons. The van der Waals surface area contributed by atoms with Crippen molar-refractivity contribution in [3.05, 3.63) is 53.4 Å². The Hall–Kier alpha value is -1.61. The summed E-state index contributed by atoms with van der Waals surface area (Å²) in [6.45, 7) is 4.27. The van der Waals surface area contributed by atoms with Crippen LogP contribution in [0.3, 0.4) is 0 Å². The molecule has 0 radical (unpaired) electrons. The van der Waals surface area contributed by atoms with Gasteiger partial charge in [-0.05, 0) is 31.2 Å². The fourth-order valence-corrected chi connectivity index (χ4v) is 4.07. The molecule has 0 N–H and O–H groups in total. The second-order valence-corrected chi connectivity index (χ2v) is 6.22. The molecule has 2 heterocycles. The predicted molar refractivity (Wildman–Crippen MR) is 77.3 cm³/mol. The van der Waals surface area contributed by atoms with Crippen molar-refractivity contribution in [2.24, 2.45) is 5.92 Å². The van der Waals surface area contributed by atoms with E-state index in [2.05, 4.69) is 46.5 Å². The smallest absolute Gasteiger partial charge is 0.141 e. The Bertz CT molecular complexity index is 592. The van der Waals surface area contributed by atoms with Gasteiger partial charge >= 0.3 is 0 Å². The molecule has 2 aliphatic rings. The summed E-state index contributed by atoms with van der Waals surface area (Å²) in [6, 6.07) is 13.5. The summed E-state index contributed by atoms with van der Waals surface area (Å²) in [4.78, 5) is 2.63. The summed E-state index contributed by atoms with van der Waals surface area (Å²) >= 11 is 0. The van der Waals surface area contributed by atoms with E-state index in [1.54, 1.807) is 0 Å². The minimum absolute atomic E-state index is 0.555. The Morgan fingerprint density at radius 3 is 2.85 bits per heavy atom. The van der Waals surface area contributed by atoms with Gasteiger partial charge in [-0.1, -0.05) is 35.5 Å². The third kappa shape index (κ3) is 1.97. The zero-order valence-electron chi connectivity index (χ0n) is 11.8. The van der Waals surface area contributed by atoms with Gasteiger partial charge in [0.15, 0.2) is 0 Å². The Kier molecular flexibility index (Phi) is 2.88. The van der Waals surface area contributed by atoms with E-state index in [9.17, 15) is 0 Å². The largest absolute Gasteiger partial charge is 0.361 e. The van der Waals surface area contributed by atoms with Crippen molar-refractivity contribution in [3.63, 3.8) is 0 Å². The molecule has 20 heavy (non-hydrogen) atoms. The SMILES string of the molecule is Cc1cc([C@H]2[C@@H]3CC[C@H]2N(Cc2ccccc2)C3)on1. The van der Waals surface area contributed by atoms with Gasteiger partial charge in [-0.15, -0.1) is 0 Å². The van der Waals surface area contributed by atoms with Crippen LogP contribution in [0.15, 0.2) is 40.9 Å². The van der Waals surface area contributed by atoms with Gasteiger partial charge in [-0.25, -0.2) is 0 Å². The number of aromatic nitrogens is 1. The Balaban J connectivity index is 1.55. The molecule has 0 amide bonds. The molecular formula is C17H20N2O. The van der Waals surface area contributed by atoms with Crippen LogP contribution < -0.4 is 0 Å². The summed E-state index contributed by atoms with van der Waals surface area (Å²) in [7, 11) is 0. The lowest BCUT2D eigenvalue weighted by Gasteiger charge is -2.27. The molecule has 3 heteroatoms. The number of nitrogens with zero attached hydrogens (tertiary/aromatic N) is 2. The minimum Gasteiger partial charge on any atom is -0.361 e. The standard InChI is InChI=1S/C17H20N2O/c1-12-9-16(20-18-12)17-14-7-8-15(17)19(11-14)10-13-5-3-2-4-6-13/h2-6,9,14-15,17H,7-8,10-11H2,1H3/t14-,15-,17+/m1/s1. The van der Waals surface area contributed by atoms with Gasteiger partial charge < -0.3 is 4.52 Å². The highest BCUT2D eigenvalue weighted by molar-refractivity contribution is 5.21. The average Bonchev–Trinajstić information content (AvgIpc) is 3.13. The molecule has 0 spiro atoms. The van der Waals surface area contributed by atoms with Crippen LogP contribution in [0.1, 0.15) is 35.8 Å². The maximum atomic E-state index is 5.55. The quantitative estimate of drug-likeness (QED) is 0.854. The van der Waals surface area contributed by atoms with Crippen LogP contribution >= 0.6 is 0 Å². The molecule has 2 bridgehead atoms. The van der Waals surface area contributed by atoms with Crippen LogP contribution in [0.5, 0.6) is 0 Å². The predicted octanol–water partition coefficient (Wildman–Crippen LogP) is 3.36. The second kappa shape index (κ2) is 4.74. The Morgan fingerprint density at radius 2 is 2.10 bits per heavy atom. The number of hydrogen-bond acceptors (Lipinski definition) is 3. The molecule has 1 aromatic carbocycles. The second-order valence-electron chi connectivity index (χ2n) is 6.22. The van der Waals surface area contributed by atoms with E-state index in [0.717, 1.165) is 23.9 Å². The summed E-state index contributed by atoms with van der Waals surface area (Å²) in [5.74, 6) is 2.40. The van der Waals surface area contributed by atoms with Gasteiger partial charge in [-0.2, -0.15) is 0 Å². The van der Waals surface area contributed by atoms with Crippen LogP contribution in [0.2, 0.25) is 0 Å². The zero-order chi connectivity index (χ0) is 13.5. The molecule has 1 saturated heterocycles. The molecule has 1 aliphatic carbocycles. The number of aryl methyl sites for hydroxylation is 1. The summed E-state index contributed by atoms with van der Waals surface area (Å²) in [5.41, 5.74) is 2.41. The van der Waals surface area contributed by atoms with Crippen molar-refractivity contribution in [1.29, 1.82) is 0 Å². The number of benzene rings is 1. The van der Waals surface area contributed by atoms with Gasteiger partial charge in [0.05, 0.1) is 5.69 Å². The number of piperidine rings is 1. The number of hydrogen-bond donors (Lipinski definition) is 0. The van der Waals surface area contributed by atoms with Gasteiger partial charge in [0, 0.05) is 31.1 Å². The highest BCUT2D eigenvalue weighted by atomic mass is 16.5. The van der Waals surface area contributed by atoms with E-state index in [4.69, 9.17) is 4.52 Å². The third-order valence-corrected chi connectivity index (χ3v) is 4.90. The number of fused-ring (bicyclic) bond motifs is 2. The van der Waals surface area contributed by atoms with Crippen molar-refractivity contribution in [2.75, 3.05) is 6.54 Å². The van der Waals surface area contributed by atoms with Crippen molar-refractivity contribution < 1.29 is 4.52 Å². The lowest BCUT2D eigenvalue weighted by Crippen LogP contribution is -2.32. The monoisotopic (exact) mass is 268 g/mol. The maximum absolute atomic E-state index is 5.55. The van der Waals surface area contributed by atoms with E-state index in [0.29, 0.717) is 12.0 Å². The van der Waals surface area contributed by atoms with Crippen molar-refractivity contribution in [3.8, 4) is 0 Å². The van der Waals surface area contributed by atoms with E-state index in [1.807, 2.05) is 6.92 Å². The van der Waals surface area contributed by atoms with Crippen molar-refractivity contribution >= 4 is 0 Å². The molecule has 4 rings (SSSR count). The van der Waals surface area contributed by atoms with Crippen LogP contribution in [0.4, 0.5) is 0 Å². The molecule has 1 saturated carbocycles. The Labute approximate surface area is 119 Å². The average molecular weight is 268 g/mol. The third-order valence-electron chi connectivity index (χ3n) is 4.90. The first-order valence-electron chi connectivity index (χ1n) is 7.52. The molecule has 0 unspecified atom stereocenters. The van der Waals surface area contributed by atoms with Gasteiger partial charge in [0.25, 0.3) is 0 Å². The Morgan fingerprint density at radius 1 is 1.25 bits per heavy atom. The number of likely N-dealkylation sites (tertiary alicyclic amines) is 1. The summed E-state index contributed by atoms with van der Waals surface area (Å²) in [6.07, 6.45) is 2.63. The molecule has 2 fully saturated rings. The van der Waals surface area contributed by atoms with Crippen LogP contribution in [-0.4, -0.2) is 22.6 Å². The molecule has 1 aromatic heterocycles. The maximum Gasteiger partial charge on any atom is 0.141 e. The van der Waals surface area contributed by atoms with Gasteiger partial charge in [0.1, 0.15) is 5.76 Å². The van der Waals surface area contributed by atoms with E-state index < -0.39 is 0 Å². The van der Waals surface area contributed by atoms with Crippen LogP contribution in [0.25, 0.3) is 0 Å². The van der Waals surface area contributed by atoms with E-state index in [-0.39, 0.29) is 0 Å². The van der Waals surface area contributed by atoms with E-state index in [1.165, 1.54) is 24.9 Å². The minimum atomic E-state index is 0.555. The van der Waals surface area contributed by atoms with Crippen LogP contribution in [0, 0.1) is 12.8 Å². The first-order valence-corrected chi connectivity index (χ1v) is 7.52. The molecule has 1 aliphatic heterocycles. The first-order chi connectivity index (χ1) is 9.81. The van der Waals surface area contributed by atoms with E-state index >= 15 is 0 Å². The highest BCUT2D eigenvalue weighted by Gasteiger charge is 2.48. The van der Waals surface area contributed by atoms with Gasteiger partial charge in [-0.3, -0.25) is 4.90 Å². The normalized spacial score (nSPS) is 29.1. The van der Waals surface area contributed by atoms with Crippen molar-refractivity contribution in [1.82, 2.24) is 10.1 Å². The topological polar surface area (TPSA) is 29.3 Å². The van der Waals surface area contributed by atoms with Crippen LogP contribution in [-0.2, 0) is 6.54 Å². The first kappa shape index (κ1) is 12.2. The lowest BCUT2D eigenvalue weighted by atomic mass is 9.95. The fraction of sp³-hybridized carbons (Fsp3) is 0.471.